The highest BCUT2D eigenvalue weighted by atomic mass is 19.3. The quantitative estimate of drug-likeness (QED) is 0.144. The molecule has 0 radical (unpaired) electrons. The van der Waals surface area contributed by atoms with E-state index in [1.807, 2.05) is 46.8 Å². The third-order valence-corrected chi connectivity index (χ3v) is 14.3. The van der Waals surface area contributed by atoms with Crippen molar-refractivity contribution in [2.24, 2.45) is 11.3 Å². The van der Waals surface area contributed by atoms with E-state index in [4.69, 9.17) is 9.84 Å². The maximum absolute atomic E-state index is 14.3. The topological polar surface area (TPSA) is 183 Å². The Balaban J connectivity index is 0.695. The lowest BCUT2D eigenvalue weighted by molar-refractivity contribution is -0.141. The molecule has 19 heteroatoms. The molecule has 17 nitrogen and oxygen atoms in total. The lowest BCUT2D eigenvalue weighted by atomic mass is 9.71. The molecule has 10 rings (SSSR count). The van der Waals surface area contributed by atoms with Crippen LogP contribution in [0.1, 0.15) is 97.2 Å². The molecule has 5 aliphatic rings. The number of nitrogens with zero attached hydrogens (tertiary/aromatic N) is 10. The van der Waals surface area contributed by atoms with Crippen molar-refractivity contribution < 1.29 is 33.3 Å². The zero-order valence-corrected chi connectivity index (χ0v) is 36.0. The van der Waals surface area contributed by atoms with Crippen molar-refractivity contribution in [3.05, 3.63) is 71.4 Å². The molecule has 64 heavy (non-hydrogen) atoms. The van der Waals surface area contributed by atoms with Crippen LogP contribution in [0.3, 0.4) is 0 Å². The van der Waals surface area contributed by atoms with Crippen LogP contribution in [0.2, 0.25) is 0 Å². The second-order valence-corrected chi connectivity index (χ2v) is 18.4. The maximum Gasteiger partial charge on any atom is 0.284 e. The van der Waals surface area contributed by atoms with Crippen LogP contribution >= 0.6 is 0 Å². The molecule has 1 aromatic carbocycles. The number of carbonyl (C=O) groups is 2. The number of benzene rings is 1. The number of hydrogen-bond acceptors (Lipinski definition) is 12. The number of carbonyl (C=O) groups excluding carboxylic acids is 2. The lowest BCUT2D eigenvalue weighted by Crippen LogP contribution is -2.61. The van der Waals surface area contributed by atoms with Crippen molar-refractivity contribution in [3.63, 3.8) is 0 Å². The van der Waals surface area contributed by atoms with Crippen LogP contribution in [0.4, 0.5) is 20.3 Å². The smallest absolute Gasteiger partial charge is 0.284 e. The number of anilines is 2. The first-order valence-electron chi connectivity index (χ1n) is 22.7. The second-order valence-electron chi connectivity index (χ2n) is 18.4. The van der Waals surface area contributed by atoms with Crippen molar-refractivity contribution in [2.75, 3.05) is 69.2 Å². The van der Waals surface area contributed by atoms with Gasteiger partial charge >= 0.3 is 0 Å². The molecule has 4 N–H and O–H groups in total. The van der Waals surface area contributed by atoms with E-state index < -0.39 is 30.5 Å². The minimum absolute atomic E-state index is 0.00245. The van der Waals surface area contributed by atoms with Gasteiger partial charge in [-0.05, 0) is 101 Å². The SMILES string of the molecule is Cc1nn([C@@H]2CC[C@@H](O)N[C@@H]2O)c2cccc(/C=C/C(=O)N3CC4(CCN(CC5CCC(n6cc(NC(=O)c7cnn8ccc(N9CCOCC9)nc78)c(C(F)F)n6)CC5)CC4)C3)c12. The van der Waals surface area contributed by atoms with E-state index in [9.17, 15) is 28.6 Å². The van der Waals surface area contributed by atoms with E-state index in [1.165, 1.54) is 10.7 Å². The van der Waals surface area contributed by atoms with Crippen LogP contribution in [-0.2, 0) is 9.53 Å². The molecule has 3 atom stereocenters. The van der Waals surface area contributed by atoms with Crippen molar-refractivity contribution in [1.82, 2.24) is 49.3 Å². The fourth-order valence-corrected chi connectivity index (χ4v) is 10.6. The number of morpholine rings is 1. The van der Waals surface area contributed by atoms with Crippen LogP contribution in [-0.4, -0.2) is 137 Å². The normalized spacial score (nSPS) is 25.5. The van der Waals surface area contributed by atoms with Crippen LogP contribution in [0.25, 0.3) is 22.6 Å². The summed E-state index contributed by atoms with van der Waals surface area (Å²) in [5, 5.41) is 40.3. The lowest BCUT2D eigenvalue weighted by Gasteiger charge is -2.54. The molecule has 5 fully saturated rings. The largest absolute Gasteiger partial charge is 0.379 e. The van der Waals surface area contributed by atoms with E-state index in [2.05, 4.69) is 35.6 Å². The number of piperidine rings is 2. The Morgan fingerprint density at radius 2 is 1.80 bits per heavy atom. The summed E-state index contributed by atoms with van der Waals surface area (Å²) in [5.41, 5.74) is 2.83. The van der Waals surface area contributed by atoms with Gasteiger partial charge in [0, 0.05) is 62.0 Å². The van der Waals surface area contributed by atoms with Gasteiger partial charge in [-0.1, -0.05) is 12.1 Å². The molecule has 1 saturated carbocycles. The summed E-state index contributed by atoms with van der Waals surface area (Å²) in [4.78, 5) is 38.1. The Morgan fingerprint density at radius 3 is 2.55 bits per heavy atom. The maximum atomic E-state index is 14.3. The van der Waals surface area contributed by atoms with Crippen LogP contribution in [0.15, 0.2) is 48.9 Å². The van der Waals surface area contributed by atoms with Gasteiger partial charge in [-0.2, -0.15) is 15.3 Å². The molecule has 8 heterocycles. The molecule has 5 aromatic rings. The fourth-order valence-electron chi connectivity index (χ4n) is 10.6. The van der Waals surface area contributed by atoms with Crippen molar-refractivity contribution in [2.45, 2.75) is 89.3 Å². The number of alkyl halides is 2. The van der Waals surface area contributed by atoms with Crippen molar-refractivity contribution >= 4 is 45.9 Å². The van der Waals surface area contributed by atoms with Gasteiger partial charge in [-0.25, -0.2) is 18.3 Å². The standard InChI is InChI=1S/C45H56F2N12O5/c1-28-39-30(3-2-4-34(39)59(52-28)35-10-11-37(60)51-44(35)63)7-12-38(61)56-26-45(27-56)14-17-54(18-15-45)24-29-5-8-31(9-6-29)58-25-33(40(53-58)41(46)47)49-43(62)32-23-48-57-16-13-36(50-42(32)57)55-19-21-64-22-20-55/h2-4,7,12-13,16,23,25,29,31,35,37,41,44,51,60,63H,5-6,8-11,14-15,17-22,24,26-27H2,1H3,(H,49,62)/b12-7+/t29?,31?,35-,37-,44-/m1/s1. The zero-order valence-electron chi connectivity index (χ0n) is 36.0. The third kappa shape index (κ3) is 8.39. The summed E-state index contributed by atoms with van der Waals surface area (Å²) >= 11 is 0. The monoisotopic (exact) mass is 882 g/mol. The van der Waals surface area contributed by atoms with E-state index in [1.54, 1.807) is 23.2 Å². The second kappa shape index (κ2) is 17.6. The van der Waals surface area contributed by atoms with Gasteiger partial charge in [0.05, 0.1) is 48.4 Å². The molecule has 4 aromatic heterocycles. The van der Waals surface area contributed by atoms with E-state index in [-0.39, 0.29) is 34.7 Å². The molecule has 0 bridgehead atoms. The average molecular weight is 883 g/mol. The Kier molecular flexibility index (Phi) is 11.7. The molecule has 0 unspecified atom stereocenters. The van der Waals surface area contributed by atoms with Gasteiger partial charge in [0.15, 0.2) is 11.3 Å². The summed E-state index contributed by atoms with van der Waals surface area (Å²) in [7, 11) is 0. The van der Waals surface area contributed by atoms with Gasteiger partial charge in [-0.15, -0.1) is 0 Å². The summed E-state index contributed by atoms with van der Waals surface area (Å²) in [5.74, 6) is 0.628. The minimum Gasteiger partial charge on any atom is -0.379 e. The first-order valence-corrected chi connectivity index (χ1v) is 22.7. The number of aryl methyl sites for hydroxylation is 1. The molecular weight excluding hydrogens is 827 g/mol. The first-order chi connectivity index (χ1) is 31.0. The molecular formula is C45H56F2N12O5. The number of halogens is 2. The van der Waals surface area contributed by atoms with E-state index in [0.717, 1.165) is 93.4 Å². The third-order valence-electron chi connectivity index (χ3n) is 14.3. The first kappa shape index (κ1) is 42.6. The predicted molar refractivity (Wildman–Crippen MR) is 234 cm³/mol. The number of aliphatic hydroxyl groups excluding tert-OH is 2. The highest BCUT2D eigenvalue weighted by molar-refractivity contribution is 6.08. The highest BCUT2D eigenvalue weighted by Crippen LogP contribution is 2.42. The Bertz CT molecular complexity index is 2530. The number of nitrogens with one attached hydrogen (secondary N) is 2. The number of aromatic nitrogens is 7. The fraction of sp³-hybridized carbons (Fsp3) is 0.556. The predicted octanol–water partition coefficient (Wildman–Crippen LogP) is 4.54. The summed E-state index contributed by atoms with van der Waals surface area (Å²) in [6.07, 6.45) is 10.5. The van der Waals surface area contributed by atoms with Gasteiger partial charge in [0.2, 0.25) is 5.91 Å². The number of rotatable bonds is 10. The van der Waals surface area contributed by atoms with E-state index >= 15 is 0 Å². The minimum atomic E-state index is -2.86. The highest BCUT2D eigenvalue weighted by Gasteiger charge is 2.46. The van der Waals surface area contributed by atoms with Gasteiger partial charge in [0.1, 0.15) is 23.8 Å². The number of ether oxygens (including phenoxy) is 1. The Labute approximate surface area is 369 Å². The molecule has 4 aliphatic heterocycles. The number of hydrogen-bond donors (Lipinski definition) is 4. The molecule has 2 amide bonds. The van der Waals surface area contributed by atoms with E-state index in [0.29, 0.717) is 56.5 Å². The number of likely N-dealkylation sites (tertiary alicyclic amines) is 2. The molecule has 1 spiro atoms. The summed E-state index contributed by atoms with van der Waals surface area (Å²) in [6, 6.07) is 7.38. The van der Waals surface area contributed by atoms with Crippen LogP contribution < -0.4 is 15.5 Å². The molecule has 1 aliphatic carbocycles. The number of amides is 2. The van der Waals surface area contributed by atoms with Crippen molar-refractivity contribution in [3.8, 4) is 0 Å². The number of aliphatic hydroxyl groups is 2. The molecule has 4 saturated heterocycles. The number of fused-ring (bicyclic) bond motifs is 2. The Hall–Kier alpha value is -5.34. The molecule has 340 valence electrons. The zero-order chi connectivity index (χ0) is 44.1. The summed E-state index contributed by atoms with van der Waals surface area (Å²) in [6.45, 7) is 8.96. The van der Waals surface area contributed by atoms with Gasteiger partial charge < -0.3 is 35.0 Å². The van der Waals surface area contributed by atoms with Gasteiger partial charge in [0.25, 0.3) is 12.3 Å². The Morgan fingerprint density at radius 1 is 1.02 bits per heavy atom. The summed E-state index contributed by atoms with van der Waals surface area (Å²) < 4.78 is 39.0. The average Bonchev–Trinajstić information content (AvgIpc) is 4.01. The van der Waals surface area contributed by atoms with Gasteiger partial charge in [-0.3, -0.25) is 24.3 Å². The van der Waals surface area contributed by atoms with Crippen molar-refractivity contribution in [1.29, 1.82) is 0 Å². The van der Waals surface area contributed by atoms with Crippen LogP contribution in [0, 0.1) is 18.3 Å². The van der Waals surface area contributed by atoms with Crippen LogP contribution in [0.5, 0.6) is 0 Å².